The van der Waals surface area contributed by atoms with Crippen molar-refractivity contribution in [2.75, 3.05) is 5.32 Å². The number of amides is 1. The normalized spacial score (nSPS) is 10.4. The molecule has 0 radical (unpaired) electrons. The highest BCUT2D eigenvalue weighted by molar-refractivity contribution is 9.10. The van der Waals surface area contributed by atoms with E-state index in [0.29, 0.717) is 16.9 Å². The van der Waals surface area contributed by atoms with Crippen molar-refractivity contribution in [3.05, 3.63) is 39.4 Å². The molecular weight excluding hydrogens is 296 g/mol. The minimum Gasteiger partial charge on any atom is -0.320 e. The van der Waals surface area contributed by atoms with Crippen LogP contribution in [-0.4, -0.2) is 21.1 Å². The summed E-state index contributed by atoms with van der Waals surface area (Å²) in [6.45, 7) is 5.46. The number of aromatic nitrogens is 3. The van der Waals surface area contributed by atoms with Gasteiger partial charge < -0.3 is 5.32 Å². The minimum absolute atomic E-state index is 0.175. The van der Waals surface area contributed by atoms with E-state index in [2.05, 4.69) is 36.4 Å². The number of anilines is 1. The first-order chi connectivity index (χ1) is 8.49. The zero-order valence-electron chi connectivity index (χ0n) is 10.3. The quantitative estimate of drug-likeness (QED) is 0.838. The van der Waals surface area contributed by atoms with E-state index in [1.54, 1.807) is 13.0 Å². The maximum Gasteiger partial charge on any atom is 0.259 e. The minimum atomic E-state index is -0.175. The van der Waals surface area contributed by atoms with E-state index in [0.717, 1.165) is 16.0 Å². The van der Waals surface area contributed by atoms with Crippen LogP contribution >= 0.6 is 15.9 Å². The third kappa shape index (κ3) is 2.43. The molecule has 0 aliphatic heterocycles. The molecule has 0 atom stereocenters. The summed E-state index contributed by atoms with van der Waals surface area (Å²) in [4.78, 5) is 16.4. The molecule has 94 valence electrons. The molecule has 0 aliphatic rings. The second-order valence-electron chi connectivity index (χ2n) is 4.03. The summed E-state index contributed by atoms with van der Waals surface area (Å²) in [6.07, 6.45) is 0. The molecule has 0 unspecified atom stereocenters. The fourth-order valence-corrected chi connectivity index (χ4v) is 2.13. The lowest BCUT2D eigenvalue weighted by molar-refractivity contribution is 0.102. The molecule has 0 aliphatic carbocycles. The van der Waals surface area contributed by atoms with Gasteiger partial charge in [0.1, 0.15) is 4.60 Å². The highest BCUT2D eigenvalue weighted by Crippen LogP contribution is 2.18. The Labute approximate surface area is 113 Å². The second kappa shape index (κ2) is 4.89. The Morgan fingerprint density at radius 2 is 2.00 bits per heavy atom. The van der Waals surface area contributed by atoms with Crippen LogP contribution in [0.1, 0.15) is 27.4 Å². The Balaban J connectivity index is 2.27. The van der Waals surface area contributed by atoms with Crippen molar-refractivity contribution in [2.45, 2.75) is 20.8 Å². The van der Waals surface area contributed by atoms with Gasteiger partial charge in [-0.25, -0.2) is 4.98 Å². The number of H-pyrrole nitrogens is 1. The molecule has 5 nitrogen and oxygen atoms in total. The third-order valence-corrected chi connectivity index (χ3v) is 3.10. The van der Waals surface area contributed by atoms with Crippen molar-refractivity contribution < 1.29 is 4.79 Å². The SMILES string of the molecule is Cc1nc(Br)ccc1NC(=O)c1c(C)n[nH]c1C. The van der Waals surface area contributed by atoms with Crippen molar-refractivity contribution in [1.82, 2.24) is 15.2 Å². The molecule has 0 fully saturated rings. The molecule has 0 saturated heterocycles. The predicted molar refractivity (Wildman–Crippen MR) is 72.7 cm³/mol. The van der Waals surface area contributed by atoms with Gasteiger partial charge in [0.2, 0.25) is 0 Å². The van der Waals surface area contributed by atoms with Crippen LogP contribution in [0.4, 0.5) is 5.69 Å². The van der Waals surface area contributed by atoms with E-state index >= 15 is 0 Å². The van der Waals surface area contributed by atoms with Crippen molar-refractivity contribution in [1.29, 1.82) is 0 Å². The summed E-state index contributed by atoms with van der Waals surface area (Å²) in [6, 6.07) is 3.60. The second-order valence-corrected chi connectivity index (χ2v) is 4.84. The van der Waals surface area contributed by atoms with Gasteiger partial charge in [-0.05, 0) is 48.8 Å². The Hall–Kier alpha value is -1.69. The fraction of sp³-hybridized carbons (Fsp3) is 0.250. The van der Waals surface area contributed by atoms with E-state index < -0.39 is 0 Å². The van der Waals surface area contributed by atoms with Crippen LogP contribution in [-0.2, 0) is 0 Å². The Kier molecular flexibility index (Phi) is 3.47. The van der Waals surface area contributed by atoms with Crippen molar-refractivity contribution >= 4 is 27.5 Å². The smallest absolute Gasteiger partial charge is 0.259 e. The maximum atomic E-state index is 12.1. The summed E-state index contributed by atoms with van der Waals surface area (Å²) in [7, 11) is 0. The lowest BCUT2D eigenvalue weighted by Crippen LogP contribution is -2.14. The summed E-state index contributed by atoms with van der Waals surface area (Å²) in [5, 5.41) is 9.64. The highest BCUT2D eigenvalue weighted by atomic mass is 79.9. The largest absolute Gasteiger partial charge is 0.320 e. The van der Waals surface area contributed by atoms with Gasteiger partial charge >= 0.3 is 0 Å². The summed E-state index contributed by atoms with van der Waals surface area (Å²) in [5.41, 5.74) is 3.48. The number of carbonyl (C=O) groups excluding carboxylic acids is 1. The van der Waals surface area contributed by atoms with Crippen LogP contribution in [0.3, 0.4) is 0 Å². The summed E-state index contributed by atoms with van der Waals surface area (Å²) >= 11 is 3.29. The number of halogens is 1. The van der Waals surface area contributed by atoms with Crippen LogP contribution < -0.4 is 5.32 Å². The molecule has 6 heteroatoms. The van der Waals surface area contributed by atoms with E-state index in [-0.39, 0.29) is 5.91 Å². The number of hydrogen-bond acceptors (Lipinski definition) is 3. The van der Waals surface area contributed by atoms with Crippen molar-refractivity contribution in [3.8, 4) is 0 Å². The maximum absolute atomic E-state index is 12.1. The number of aryl methyl sites for hydroxylation is 3. The Bertz CT molecular complexity index is 587. The standard InChI is InChI=1S/C12H13BrN4O/c1-6-9(4-5-10(13)14-6)15-12(18)11-7(2)16-17-8(11)3/h4-5H,1-3H3,(H,15,18)(H,16,17). The van der Waals surface area contributed by atoms with Gasteiger partial charge in [-0.1, -0.05) is 0 Å². The van der Waals surface area contributed by atoms with Gasteiger partial charge in [-0.2, -0.15) is 5.10 Å². The molecule has 0 spiro atoms. The molecule has 0 aromatic carbocycles. The van der Waals surface area contributed by atoms with Crippen LogP contribution in [0.15, 0.2) is 16.7 Å². The van der Waals surface area contributed by atoms with E-state index in [1.807, 2.05) is 19.9 Å². The average Bonchev–Trinajstić information content (AvgIpc) is 2.62. The Morgan fingerprint density at radius 3 is 2.56 bits per heavy atom. The monoisotopic (exact) mass is 308 g/mol. The van der Waals surface area contributed by atoms with E-state index in [9.17, 15) is 4.79 Å². The van der Waals surface area contributed by atoms with Gasteiger partial charge in [0.05, 0.1) is 22.6 Å². The molecule has 0 bridgehead atoms. The van der Waals surface area contributed by atoms with Gasteiger partial charge in [-0.3, -0.25) is 9.89 Å². The highest BCUT2D eigenvalue weighted by Gasteiger charge is 2.16. The van der Waals surface area contributed by atoms with Gasteiger partial charge in [0, 0.05) is 5.69 Å². The zero-order valence-corrected chi connectivity index (χ0v) is 11.9. The molecule has 2 rings (SSSR count). The summed E-state index contributed by atoms with van der Waals surface area (Å²) < 4.78 is 0.744. The zero-order chi connectivity index (χ0) is 13.3. The van der Waals surface area contributed by atoms with Gasteiger partial charge in [-0.15, -0.1) is 0 Å². The number of nitrogens with zero attached hydrogens (tertiary/aromatic N) is 2. The fourth-order valence-electron chi connectivity index (χ4n) is 1.73. The first-order valence-electron chi connectivity index (χ1n) is 5.45. The van der Waals surface area contributed by atoms with Crippen LogP contribution in [0.2, 0.25) is 0 Å². The lowest BCUT2D eigenvalue weighted by Gasteiger charge is -2.08. The number of carbonyl (C=O) groups is 1. The predicted octanol–water partition coefficient (Wildman–Crippen LogP) is 2.74. The van der Waals surface area contributed by atoms with Crippen molar-refractivity contribution in [2.24, 2.45) is 0 Å². The lowest BCUT2D eigenvalue weighted by atomic mass is 10.2. The van der Waals surface area contributed by atoms with Crippen LogP contribution in [0.25, 0.3) is 0 Å². The molecular formula is C12H13BrN4O. The molecule has 2 aromatic rings. The average molecular weight is 309 g/mol. The molecule has 1 amide bonds. The number of pyridine rings is 1. The third-order valence-electron chi connectivity index (χ3n) is 2.66. The molecule has 0 saturated carbocycles. The van der Waals surface area contributed by atoms with Crippen molar-refractivity contribution in [3.63, 3.8) is 0 Å². The van der Waals surface area contributed by atoms with Gasteiger partial charge in [0.15, 0.2) is 0 Å². The number of aromatic amines is 1. The first kappa shape index (κ1) is 12.8. The van der Waals surface area contributed by atoms with E-state index in [4.69, 9.17) is 0 Å². The number of nitrogens with one attached hydrogen (secondary N) is 2. The van der Waals surface area contributed by atoms with E-state index in [1.165, 1.54) is 0 Å². The molecule has 18 heavy (non-hydrogen) atoms. The van der Waals surface area contributed by atoms with Gasteiger partial charge in [0.25, 0.3) is 5.91 Å². The van der Waals surface area contributed by atoms with Crippen LogP contribution in [0.5, 0.6) is 0 Å². The summed E-state index contributed by atoms with van der Waals surface area (Å²) in [5.74, 6) is -0.175. The topological polar surface area (TPSA) is 70.7 Å². The molecule has 2 aromatic heterocycles. The number of rotatable bonds is 2. The first-order valence-corrected chi connectivity index (χ1v) is 6.24. The number of hydrogen-bond donors (Lipinski definition) is 2. The van der Waals surface area contributed by atoms with Crippen LogP contribution in [0, 0.1) is 20.8 Å². The molecule has 2 heterocycles. The Morgan fingerprint density at radius 1 is 1.28 bits per heavy atom. The molecule has 2 N–H and O–H groups in total.